The van der Waals surface area contributed by atoms with Gasteiger partial charge < -0.3 is 29.9 Å². The van der Waals surface area contributed by atoms with Gasteiger partial charge in [0, 0.05) is 35.6 Å². The first-order chi connectivity index (χ1) is 15.4. The molecule has 0 fully saturated rings. The molecule has 172 valence electrons. The van der Waals surface area contributed by atoms with E-state index in [1.165, 1.54) is 6.07 Å². The number of phenols is 1. The molecule has 0 aliphatic rings. The van der Waals surface area contributed by atoms with E-state index in [1.807, 2.05) is 30.5 Å². The van der Waals surface area contributed by atoms with E-state index in [0.29, 0.717) is 36.5 Å². The Labute approximate surface area is 188 Å². The molecule has 0 unspecified atom stereocenters. The zero-order chi connectivity index (χ0) is 23.3. The number of fused-ring (bicyclic) bond motifs is 1. The summed E-state index contributed by atoms with van der Waals surface area (Å²) < 4.78 is 7.15. The number of aliphatic hydroxyl groups is 2. The Morgan fingerprint density at radius 2 is 1.94 bits per heavy atom. The predicted molar refractivity (Wildman–Crippen MR) is 124 cm³/mol. The van der Waals surface area contributed by atoms with E-state index in [4.69, 9.17) is 4.74 Å². The van der Waals surface area contributed by atoms with Gasteiger partial charge in [0.1, 0.15) is 11.4 Å². The Morgan fingerprint density at radius 1 is 1.16 bits per heavy atom. The van der Waals surface area contributed by atoms with Gasteiger partial charge in [-0.3, -0.25) is 0 Å². The highest BCUT2D eigenvalue weighted by Gasteiger charge is 2.17. The average Bonchev–Trinajstić information content (AvgIpc) is 3.16. The molecule has 0 aliphatic carbocycles. The van der Waals surface area contributed by atoms with Crippen molar-refractivity contribution in [2.24, 2.45) is 0 Å². The SMILES string of the molecule is CCOC(=O)c1cc2cc(C[C@@H](C)NC[C@H](O)c3ccc(O)c(CO)c3)ccc2n1CC. The van der Waals surface area contributed by atoms with E-state index in [9.17, 15) is 20.1 Å². The Hall–Kier alpha value is -2.87. The lowest BCUT2D eigenvalue weighted by Gasteiger charge is -2.18. The van der Waals surface area contributed by atoms with Crippen molar-refractivity contribution in [3.63, 3.8) is 0 Å². The van der Waals surface area contributed by atoms with Crippen molar-refractivity contribution in [3.05, 3.63) is 64.8 Å². The van der Waals surface area contributed by atoms with Crippen molar-refractivity contribution < 1.29 is 24.9 Å². The first kappa shape index (κ1) is 23.8. The Balaban J connectivity index is 1.66. The van der Waals surface area contributed by atoms with Crippen LogP contribution in [0.15, 0.2) is 42.5 Å². The first-order valence-electron chi connectivity index (χ1n) is 11.0. The summed E-state index contributed by atoms with van der Waals surface area (Å²) in [6, 6.07) is 12.9. The highest BCUT2D eigenvalue weighted by Crippen LogP contribution is 2.24. The topological polar surface area (TPSA) is 104 Å². The van der Waals surface area contributed by atoms with Crippen LogP contribution < -0.4 is 5.32 Å². The number of aliphatic hydroxyl groups excluding tert-OH is 2. The fourth-order valence-electron chi connectivity index (χ4n) is 3.96. The normalized spacial score (nSPS) is 13.3. The maximum Gasteiger partial charge on any atom is 0.354 e. The molecule has 0 bridgehead atoms. The summed E-state index contributed by atoms with van der Waals surface area (Å²) in [6.45, 7) is 6.94. The zero-order valence-corrected chi connectivity index (χ0v) is 18.8. The molecule has 0 spiro atoms. The number of ether oxygens (including phenoxy) is 1. The van der Waals surface area contributed by atoms with Gasteiger partial charge >= 0.3 is 5.97 Å². The molecule has 0 radical (unpaired) electrons. The zero-order valence-electron chi connectivity index (χ0n) is 18.8. The monoisotopic (exact) mass is 440 g/mol. The van der Waals surface area contributed by atoms with Crippen LogP contribution in [0.2, 0.25) is 0 Å². The molecule has 3 rings (SSSR count). The fraction of sp³-hybridized carbons (Fsp3) is 0.400. The molecule has 4 N–H and O–H groups in total. The molecule has 32 heavy (non-hydrogen) atoms. The molecule has 0 saturated carbocycles. The second-order valence-electron chi connectivity index (χ2n) is 7.96. The molecule has 1 heterocycles. The summed E-state index contributed by atoms with van der Waals surface area (Å²) >= 11 is 0. The van der Waals surface area contributed by atoms with Crippen molar-refractivity contribution in [1.29, 1.82) is 0 Å². The molecule has 0 amide bonds. The van der Waals surface area contributed by atoms with E-state index >= 15 is 0 Å². The predicted octanol–water partition coefficient (Wildman–Crippen LogP) is 3.29. The van der Waals surface area contributed by atoms with Gasteiger partial charge in [0.05, 0.1) is 19.3 Å². The van der Waals surface area contributed by atoms with Crippen LogP contribution in [-0.2, 0) is 24.3 Å². The molecule has 1 aromatic heterocycles. The van der Waals surface area contributed by atoms with E-state index in [2.05, 4.69) is 17.4 Å². The highest BCUT2D eigenvalue weighted by atomic mass is 16.5. The van der Waals surface area contributed by atoms with Gasteiger partial charge in [0.15, 0.2) is 0 Å². The molecule has 7 heteroatoms. The number of carbonyl (C=O) groups excluding carboxylic acids is 1. The number of esters is 1. The summed E-state index contributed by atoms with van der Waals surface area (Å²) in [5.74, 6) is -0.294. The van der Waals surface area contributed by atoms with Gasteiger partial charge in [0.25, 0.3) is 0 Å². The lowest BCUT2D eigenvalue weighted by atomic mass is 10.0. The minimum absolute atomic E-state index is 0.0168. The average molecular weight is 441 g/mol. The van der Waals surface area contributed by atoms with Crippen molar-refractivity contribution in [1.82, 2.24) is 9.88 Å². The Kier molecular flexibility index (Phi) is 7.90. The molecule has 7 nitrogen and oxygen atoms in total. The second-order valence-corrected chi connectivity index (χ2v) is 7.96. The fourth-order valence-corrected chi connectivity index (χ4v) is 3.96. The number of nitrogens with one attached hydrogen (secondary N) is 1. The standard InChI is InChI=1S/C25H32N2O5/c1-4-27-21-8-6-17(11-19(21)13-22(27)25(31)32-5-2)10-16(3)26-14-24(30)18-7-9-23(29)20(12-18)15-28/h6-9,11-13,16,24,26,28-30H,4-5,10,14-15H2,1-3H3/t16-,24+/m1/s1. The van der Waals surface area contributed by atoms with E-state index in [-0.39, 0.29) is 24.4 Å². The maximum absolute atomic E-state index is 12.3. The molecule has 2 aromatic carbocycles. The van der Waals surface area contributed by atoms with Crippen molar-refractivity contribution in [3.8, 4) is 5.75 Å². The summed E-state index contributed by atoms with van der Waals surface area (Å²) in [7, 11) is 0. The van der Waals surface area contributed by atoms with Crippen molar-refractivity contribution >= 4 is 16.9 Å². The second kappa shape index (κ2) is 10.6. The number of carbonyl (C=O) groups is 1. The van der Waals surface area contributed by atoms with Crippen LogP contribution >= 0.6 is 0 Å². The summed E-state index contributed by atoms with van der Waals surface area (Å²) in [5, 5.41) is 33.8. The molecular weight excluding hydrogens is 408 g/mol. The minimum atomic E-state index is -0.753. The van der Waals surface area contributed by atoms with Crippen molar-refractivity contribution in [2.75, 3.05) is 13.2 Å². The molecular formula is C25H32N2O5. The number of hydrogen-bond acceptors (Lipinski definition) is 6. The van der Waals surface area contributed by atoms with Gasteiger partial charge in [-0.15, -0.1) is 0 Å². The van der Waals surface area contributed by atoms with E-state index in [0.717, 1.165) is 22.9 Å². The number of aryl methyl sites for hydroxylation is 1. The smallest absolute Gasteiger partial charge is 0.354 e. The summed E-state index contributed by atoms with van der Waals surface area (Å²) in [5.41, 5.74) is 3.72. The number of benzene rings is 2. The van der Waals surface area contributed by atoms with Crippen LogP contribution in [0, 0.1) is 0 Å². The van der Waals surface area contributed by atoms with Crippen LogP contribution in [0.1, 0.15) is 54.1 Å². The highest BCUT2D eigenvalue weighted by molar-refractivity contribution is 5.95. The largest absolute Gasteiger partial charge is 0.508 e. The third-order valence-corrected chi connectivity index (χ3v) is 5.63. The van der Waals surface area contributed by atoms with Gasteiger partial charge in [-0.05, 0) is 68.7 Å². The van der Waals surface area contributed by atoms with Gasteiger partial charge in [-0.2, -0.15) is 0 Å². The molecule has 0 saturated heterocycles. The summed E-state index contributed by atoms with van der Waals surface area (Å²) in [6.07, 6.45) is 0.00293. The van der Waals surface area contributed by atoms with Crippen LogP contribution in [-0.4, -0.2) is 45.0 Å². The number of hydrogen-bond donors (Lipinski definition) is 4. The molecule has 0 aliphatic heterocycles. The van der Waals surface area contributed by atoms with Crippen LogP contribution in [0.3, 0.4) is 0 Å². The van der Waals surface area contributed by atoms with Crippen molar-refractivity contribution in [2.45, 2.75) is 52.5 Å². The van der Waals surface area contributed by atoms with E-state index < -0.39 is 6.10 Å². The first-order valence-corrected chi connectivity index (χ1v) is 11.0. The van der Waals surface area contributed by atoms with Crippen LogP contribution in [0.5, 0.6) is 5.75 Å². The quantitative estimate of drug-likeness (QED) is 0.361. The minimum Gasteiger partial charge on any atom is -0.508 e. The lowest BCUT2D eigenvalue weighted by molar-refractivity contribution is 0.0514. The number of aromatic hydroxyl groups is 1. The van der Waals surface area contributed by atoms with Gasteiger partial charge in [-0.1, -0.05) is 12.1 Å². The lowest BCUT2D eigenvalue weighted by Crippen LogP contribution is -2.32. The van der Waals surface area contributed by atoms with Crippen LogP contribution in [0.4, 0.5) is 0 Å². The van der Waals surface area contributed by atoms with Gasteiger partial charge in [-0.25, -0.2) is 4.79 Å². The van der Waals surface area contributed by atoms with Crippen LogP contribution in [0.25, 0.3) is 10.9 Å². The van der Waals surface area contributed by atoms with E-state index in [1.54, 1.807) is 19.1 Å². The third-order valence-electron chi connectivity index (χ3n) is 5.63. The maximum atomic E-state index is 12.3. The molecule has 3 aromatic rings. The Bertz CT molecular complexity index is 1080. The number of aromatic nitrogens is 1. The number of rotatable bonds is 10. The number of nitrogens with zero attached hydrogens (tertiary/aromatic N) is 1. The summed E-state index contributed by atoms with van der Waals surface area (Å²) in [4.78, 5) is 12.3. The Morgan fingerprint density at radius 3 is 2.62 bits per heavy atom. The third kappa shape index (κ3) is 5.30. The van der Waals surface area contributed by atoms with Gasteiger partial charge in [0.2, 0.25) is 0 Å². The molecule has 2 atom stereocenters.